The molecule has 0 aromatic heterocycles. The third kappa shape index (κ3) is 4.42. The fraction of sp³-hybridized carbons (Fsp3) is 0.444. The molecule has 2 rings (SSSR count). The van der Waals surface area contributed by atoms with Gasteiger partial charge in [-0.25, -0.2) is 0 Å². The molecule has 0 saturated carbocycles. The minimum Gasteiger partial charge on any atom is -0.457 e. The number of carbonyl (C=O) groups excluding carboxylic acids is 2. The number of anilines is 1. The Balaban J connectivity index is 2.03. The molecule has 5 heteroatoms. The van der Waals surface area contributed by atoms with E-state index < -0.39 is 6.10 Å². The Morgan fingerprint density at radius 3 is 2.78 bits per heavy atom. The van der Waals surface area contributed by atoms with Crippen molar-refractivity contribution in [2.45, 2.75) is 39.4 Å². The van der Waals surface area contributed by atoms with Crippen molar-refractivity contribution in [2.24, 2.45) is 5.92 Å². The zero-order valence-electron chi connectivity index (χ0n) is 13.8. The summed E-state index contributed by atoms with van der Waals surface area (Å²) in [6, 6.07) is 7.28. The van der Waals surface area contributed by atoms with Crippen LogP contribution < -0.4 is 5.32 Å². The maximum absolute atomic E-state index is 12.4. The summed E-state index contributed by atoms with van der Waals surface area (Å²) < 4.78 is 11.1. The largest absolute Gasteiger partial charge is 0.457 e. The van der Waals surface area contributed by atoms with Gasteiger partial charge in [-0.3, -0.25) is 9.59 Å². The van der Waals surface area contributed by atoms with Gasteiger partial charge >= 0.3 is 5.97 Å². The van der Waals surface area contributed by atoms with Crippen LogP contribution in [0.3, 0.4) is 0 Å². The quantitative estimate of drug-likeness (QED) is 0.669. The zero-order valence-corrected chi connectivity index (χ0v) is 13.8. The van der Waals surface area contributed by atoms with E-state index in [9.17, 15) is 9.59 Å². The third-order valence-electron chi connectivity index (χ3n) is 3.85. The van der Waals surface area contributed by atoms with E-state index in [1.165, 1.54) is 6.92 Å². The van der Waals surface area contributed by atoms with Crippen LogP contribution in [0.1, 0.15) is 38.9 Å². The molecule has 0 spiro atoms. The summed E-state index contributed by atoms with van der Waals surface area (Å²) in [6.07, 6.45) is -0.0161. The lowest BCUT2D eigenvalue weighted by molar-refractivity contribution is -0.154. The SMILES string of the molecule is C=C(C)[C@H]1OCC[C@H]1C(=O)O[C@@H](C)c1cccc(NC(C)=O)c1. The Kier molecular flexibility index (Phi) is 5.55. The molecule has 124 valence electrons. The highest BCUT2D eigenvalue weighted by Gasteiger charge is 2.36. The van der Waals surface area contributed by atoms with E-state index in [1.54, 1.807) is 12.1 Å². The van der Waals surface area contributed by atoms with Crippen molar-refractivity contribution in [1.29, 1.82) is 0 Å². The molecule has 0 bridgehead atoms. The average molecular weight is 317 g/mol. The lowest BCUT2D eigenvalue weighted by atomic mass is 9.97. The molecule has 1 aliphatic rings. The fourth-order valence-corrected chi connectivity index (χ4v) is 2.72. The first-order chi connectivity index (χ1) is 10.9. The predicted octanol–water partition coefficient (Wildman–Crippen LogP) is 3.23. The van der Waals surface area contributed by atoms with Gasteiger partial charge in [0.1, 0.15) is 6.10 Å². The molecule has 1 saturated heterocycles. The van der Waals surface area contributed by atoms with Gasteiger partial charge in [0.25, 0.3) is 0 Å². The normalized spacial score (nSPS) is 21.5. The second kappa shape index (κ2) is 7.42. The van der Waals surface area contributed by atoms with Crippen LogP contribution in [0.4, 0.5) is 5.69 Å². The molecule has 23 heavy (non-hydrogen) atoms. The molecule has 0 aliphatic carbocycles. The topological polar surface area (TPSA) is 64.6 Å². The van der Waals surface area contributed by atoms with Crippen molar-refractivity contribution < 1.29 is 19.1 Å². The molecule has 5 nitrogen and oxygen atoms in total. The Bertz CT molecular complexity index is 611. The van der Waals surface area contributed by atoms with Crippen LogP contribution in [-0.4, -0.2) is 24.6 Å². The number of amides is 1. The lowest BCUT2D eigenvalue weighted by Gasteiger charge is -2.21. The van der Waals surface area contributed by atoms with E-state index in [4.69, 9.17) is 9.47 Å². The molecule has 0 unspecified atom stereocenters. The van der Waals surface area contributed by atoms with Crippen molar-refractivity contribution in [3.63, 3.8) is 0 Å². The lowest BCUT2D eigenvalue weighted by Crippen LogP contribution is -2.27. The smallest absolute Gasteiger partial charge is 0.312 e. The molecular formula is C18H23NO4. The zero-order chi connectivity index (χ0) is 17.0. The molecule has 1 aromatic carbocycles. The monoisotopic (exact) mass is 317 g/mol. The van der Waals surface area contributed by atoms with Crippen molar-refractivity contribution in [2.75, 3.05) is 11.9 Å². The number of carbonyl (C=O) groups is 2. The van der Waals surface area contributed by atoms with Crippen LogP contribution in [0.15, 0.2) is 36.4 Å². The van der Waals surface area contributed by atoms with Gasteiger partial charge in [-0.2, -0.15) is 0 Å². The summed E-state index contributed by atoms with van der Waals surface area (Å²) in [5.41, 5.74) is 2.35. The molecule has 0 radical (unpaired) electrons. The first-order valence-corrected chi connectivity index (χ1v) is 7.73. The Labute approximate surface area is 136 Å². The van der Waals surface area contributed by atoms with Gasteiger partial charge in [-0.05, 0) is 38.0 Å². The Morgan fingerprint density at radius 1 is 1.39 bits per heavy atom. The highest BCUT2D eigenvalue weighted by atomic mass is 16.6. The standard InChI is InChI=1S/C18H23NO4/c1-11(2)17-16(8-9-22-17)18(21)23-12(3)14-6-5-7-15(10-14)19-13(4)20/h5-7,10,12,16-17H,1,8-9H2,2-4H3,(H,19,20)/t12-,16+,17+/m0/s1. The van der Waals surface area contributed by atoms with Crippen LogP contribution in [0.25, 0.3) is 0 Å². The highest BCUT2D eigenvalue weighted by molar-refractivity contribution is 5.88. The molecular weight excluding hydrogens is 294 g/mol. The molecule has 1 amide bonds. The van der Waals surface area contributed by atoms with E-state index in [0.29, 0.717) is 18.7 Å². The summed E-state index contributed by atoms with van der Waals surface area (Å²) in [7, 11) is 0. The molecule has 1 fully saturated rings. The summed E-state index contributed by atoms with van der Waals surface area (Å²) in [4.78, 5) is 23.5. The molecule has 1 aromatic rings. The summed E-state index contributed by atoms with van der Waals surface area (Å²) >= 11 is 0. The maximum atomic E-state index is 12.4. The highest BCUT2D eigenvalue weighted by Crippen LogP contribution is 2.29. The number of hydrogen-bond donors (Lipinski definition) is 1. The fourth-order valence-electron chi connectivity index (χ4n) is 2.72. The van der Waals surface area contributed by atoms with Crippen molar-refractivity contribution in [3.8, 4) is 0 Å². The molecule has 1 N–H and O–H groups in total. The Morgan fingerprint density at radius 2 is 2.13 bits per heavy atom. The third-order valence-corrected chi connectivity index (χ3v) is 3.85. The first-order valence-electron chi connectivity index (χ1n) is 7.73. The van der Waals surface area contributed by atoms with Crippen molar-refractivity contribution in [1.82, 2.24) is 0 Å². The summed E-state index contributed by atoms with van der Waals surface area (Å²) in [6.45, 7) is 9.54. The average Bonchev–Trinajstić information content (AvgIpc) is 2.96. The van der Waals surface area contributed by atoms with Crippen LogP contribution in [0, 0.1) is 5.92 Å². The second-order valence-electron chi connectivity index (χ2n) is 5.92. The molecule has 1 aliphatic heterocycles. The van der Waals surface area contributed by atoms with Crippen LogP contribution >= 0.6 is 0 Å². The van der Waals surface area contributed by atoms with Crippen molar-refractivity contribution >= 4 is 17.6 Å². The van der Waals surface area contributed by atoms with Gasteiger partial charge in [-0.15, -0.1) is 0 Å². The molecule has 3 atom stereocenters. The minimum atomic E-state index is -0.400. The van der Waals surface area contributed by atoms with E-state index in [2.05, 4.69) is 11.9 Å². The van der Waals surface area contributed by atoms with E-state index >= 15 is 0 Å². The van der Waals surface area contributed by atoms with Gasteiger partial charge in [-0.1, -0.05) is 24.3 Å². The second-order valence-corrected chi connectivity index (χ2v) is 5.92. The van der Waals surface area contributed by atoms with E-state index in [-0.39, 0.29) is 23.9 Å². The first kappa shape index (κ1) is 17.2. The molecule has 1 heterocycles. The number of hydrogen-bond acceptors (Lipinski definition) is 4. The number of benzene rings is 1. The minimum absolute atomic E-state index is 0.140. The number of rotatable bonds is 5. The van der Waals surface area contributed by atoms with Crippen LogP contribution in [0.5, 0.6) is 0 Å². The van der Waals surface area contributed by atoms with Crippen molar-refractivity contribution in [3.05, 3.63) is 42.0 Å². The van der Waals surface area contributed by atoms with Gasteiger partial charge in [0.05, 0.1) is 12.0 Å². The van der Waals surface area contributed by atoms with Gasteiger partial charge in [0.2, 0.25) is 5.91 Å². The number of ether oxygens (including phenoxy) is 2. The van der Waals surface area contributed by atoms with Gasteiger partial charge in [0.15, 0.2) is 0 Å². The van der Waals surface area contributed by atoms with E-state index in [0.717, 1.165) is 11.1 Å². The summed E-state index contributed by atoms with van der Waals surface area (Å²) in [5, 5.41) is 2.72. The van der Waals surface area contributed by atoms with Gasteiger partial charge < -0.3 is 14.8 Å². The number of nitrogens with one attached hydrogen (secondary N) is 1. The van der Waals surface area contributed by atoms with Gasteiger partial charge in [0, 0.05) is 19.2 Å². The number of esters is 1. The van der Waals surface area contributed by atoms with Crippen LogP contribution in [-0.2, 0) is 19.1 Å². The maximum Gasteiger partial charge on any atom is 0.312 e. The van der Waals surface area contributed by atoms with Crippen LogP contribution in [0.2, 0.25) is 0 Å². The predicted molar refractivity (Wildman–Crippen MR) is 87.9 cm³/mol. The Hall–Kier alpha value is -2.14. The van der Waals surface area contributed by atoms with E-state index in [1.807, 2.05) is 26.0 Å². The summed E-state index contributed by atoms with van der Waals surface area (Å²) in [5.74, 6) is -0.708.